The lowest BCUT2D eigenvalue weighted by Crippen LogP contribution is -2.11. The van der Waals surface area contributed by atoms with Crippen LogP contribution in [0.4, 0.5) is 11.4 Å². The van der Waals surface area contributed by atoms with Crippen LogP contribution >= 0.6 is 0 Å². The fraction of sp³-hybridized carbons (Fsp3) is 0.0377. The predicted molar refractivity (Wildman–Crippen MR) is 239 cm³/mol. The first-order valence-corrected chi connectivity index (χ1v) is 19.6. The fourth-order valence-corrected chi connectivity index (χ4v) is 8.20. The molecule has 0 radical (unpaired) electrons. The van der Waals surface area contributed by atoms with E-state index in [-0.39, 0.29) is 5.78 Å². The van der Waals surface area contributed by atoms with Gasteiger partial charge in [-0.25, -0.2) is 9.97 Å². The molecule has 2 aromatic heterocycles. The van der Waals surface area contributed by atoms with E-state index in [1.165, 1.54) is 0 Å². The molecule has 5 heteroatoms. The van der Waals surface area contributed by atoms with E-state index in [1.54, 1.807) is 0 Å². The number of fused-ring (bicyclic) bond motifs is 4. The Bertz CT molecular complexity index is 3120. The largest absolute Gasteiger partial charge is 0.344 e. The molecule has 276 valence electrons. The van der Waals surface area contributed by atoms with Gasteiger partial charge in [0.25, 0.3) is 0 Å². The Morgan fingerprint density at radius 1 is 0.517 bits per heavy atom. The van der Waals surface area contributed by atoms with Gasteiger partial charge >= 0.3 is 0 Å². The second kappa shape index (κ2) is 14.8. The summed E-state index contributed by atoms with van der Waals surface area (Å²) in [5, 5.41) is 3.26. The molecule has 0 N–H and O–H groups in total. The molecule has 10 aromatic rings. The minimum atomic E-state index is 0.0929. The van der Waals surface area contributed by atoms with Crippen molar-refractivity contribution >= 4 is 49.9 Å². The van der Waals surface area contributed by atoms with Gasteiger partial charge in [-0.05, 0) is 70.8 Å². The molecule has 0 spiro atoms. The lowest BCUT2D eigenvalue weighted by Gasteiger charge is -2.25. The number of anilines is 2. The van der Waals surface area contributed by atoms with Gasteiger partial charge in [0.15, 0.2) is 5.78 Å². The summed E-state index contributed by atoms with van der Waals surface area (Å²) >= 11 is 0. The third kappa shape index (κ3) is 6.29. The number of hydrogen-bond donors (Lipinski definition) is 0. The SMILES string of the molecule is CN(c1ccccc1)c1ccc(-c2ccc3c(c2)c2ccccc2n3-c2nc(-c3ccccc3)c3ccccc3n2)cc1-c1ccccc1CC(=O)c1ccccc1. The number of carbonyl (C=O) groups is 1. The maximum Gasteiger partial charge on any atom is 0.235 e. The summed E-state index contributed by atoms with van der Waals surface area (Å²) in [6.07, 6.45) is 0.299. The highest BCUT2D eigenvalue weighted by Crippen LogP contribution is 2.41. The van der Waals surface area contributed by atoms with E-state index in [2.05, 4.69) is 144 Å². The molecule has 0 saturated carbocycles. The molecule has 0 aliphatic rings. The minimum absolute atomic E-state index is 0.0929. The molecule has 0 amide bonds. The van der Waals surface area contributed by atoms with Crippen molar-refractivity contribution < 1.29 is 4.79 Å². The normalized spacial score (nSPS) is 11.3. The van der Waals surface area contributed by atoms with Crippen LogP contribution in [0.3, 0.4) is 0 Å². The highest BCUT2D eigenvalue weighted by atomic mass is 16.1. The maximum atomic E-state index is 13.6. The molecule has 0 fully saturated rings. The fourth-order valence-electron chi connectivity index (χ4n) is 8.20. The number of carbonyl (C=O) groups excluding carboxylic acids is 1. The minimum Gasteiger partial charge on any atom is -0.344 e. The van der Waals surface area contributed by atoms with E-state index >= 15 is 0 Å². The molecule has 0 saturated heterocycles. The van der Waals surface area contributed by atoms with Crippen LogP contribution in [0.1, 0.15) is 15.9 Å². The molecular formula is C53H38N4O. The molecule has 0 aliphatic heterocycles. The number of ketones is 1. The lowest BCUT2D eigenvalue weighted by atomic mass is 9.91. The number of benzene rings is 8. The highest BCUT2D eigenvalue weighted by molar-refractivity contribution is 6.10. The topological polar surface area (TPSA) is 51.0 Å². The number of rotatable bonds is 9. The summed E-state index contributed by atoms with van der Waals surface area (Å²) < 4.78 is 2.19. The first kappa shape index (κ1) is 34.8. The monoisotopic (exact) mass is 746 g/mol. The van der Waals surface area contributed by atoms with Crippen LogP contribution in [0, 0.1) is 0 Å². The summed E-state index contributed by atoms with van der Waals surface area (Å²) in [5.74, 6) is 0.726. The Hall–Kier alpha value is -7.63. The quantitative estimate of drug-likeness (QED) is 0.138. The van der Waals surface area contributed by atoms with Crippen LogP contribution in [0.5, 0.6) is 0 Å². The molecule has 8 aromatic carbocycles. The Balaban J connectivity index is 1.13. The average Bonchev–Trinajstić information content (AvgIpc) is 3.63. The number of hydrogen-bond acceptors (Lipinski definition) is 4. The number of aromatic nitrogens is 3. The van der Waals surface area contributed by atoms with E-state index in [4.69, 9.17) is 9.97 Å². The zero-order valence-corrected chi connectivity index (χ0v) is 32.0. The number of para-hydroxylation sites is 3. The number of Topliss-reactive ketones (excluding diaryl/α,β-unsaturated/α-hetero) is 1. The predicted octanol–water partition coefficient (Wildman–Crippen LogP) is 12.9. The molecule has 0 aliphatic carbocycles. The Labute approximate surface area is 337 Å². The van der Waals surface area contributed by atoms with Crippen LogP contribution < -0.4 is 4.90 Å². The average molecular weight is 747 g/mol. The molecular weight excluding hydrogens is 709 g/mol. The summed E-state index contributed by atoms with van der Waals surface area (Å²) in [6, 6.07) is 68.7. The van der Waals surface area contributed by atoms with Gasteiger partial charge in [0.1, 0.15) is 0 Å². The van der Waals surface area contributed by atoms with Gasteiger partial charge in [-0.3, -0.25) is 9.36 Å². The molecule has 10 rings (SSSR count). The van der Waals surface area contributed by atoms with Gasteiger partial charge in [0.2, 0.25) is 5.95 Å². The van der Waals surface area contributed by atoms with E-state index < -0.39 is 0 Å². The summed E-state index contributed by atoms with van der Waals surface area (Å²) in [7, 11) is 2.10. The second-order valence-corrected chi connectivity index (χ2v) is 14.6. The third-order valence-electron chi connectivity index (χ3n) is 11.1. The van der Waals surface area contributed by atoms with Crippen LogP contribution in [0.25, 0.3) is 72.2 Å². The van der Waals surface area contributed by atoms with Gasteiger partial charge in [-0.1, -0.05) is 152 Å². The van der Waals surface area contributed by atoms with Gasteiger partial charge in [-0.15, -0.1) is 0 Å². The van der Waals surface area contributed by atoms with Crippen molar-refractivity contribution in [1.29, 1.82) is 0 Å². The smallest absolute Gasteiger partial charge is 0.235 e. The van der Waals surface area contributed by atoms with Crippen molar-refractivity contribution in [1.82, 2.24) is 14.5 Å². The summed E-state index contributed by atoms with van der Waals surface area (Å²) in [5.41, 5.74) is 13.0. The lowest BCUT2D eigenvalue weighted by molar-refractivity contribution is 0.0993. The van der Waals surface area contributed by atoms with Crippen LogP contribution in [-0.4, -0.2) is 27.4 Å². The third-order valence-corrected chi connectivity index (χ3v) is 11.1. The molecule has 5 nitrogen and oxygen atoms in total. The molecule has 0 bridgehead atoms. The molecule has 0 atom stereocenters. The number of nitrogens with zero attached hydrogens (tertiary/aromatic N) is 4. The first-order valence-electron chi connectivity index (χ1n) is 19.6. The van der Waals surface area contributed by atoms with Crippen molar-refractivity contribution in [3.63, 3.8) is 0 Å². The van der Waals surface area contributed by atoms with Crippen molar-refractivity contribution in [3.8, 4) is 39.5 Å². The van der Waals surface area contributed by atoms with E-state index in [1.807, 2.05) is 72.8 Å². The van der Waals surface area contributed by atoms with Crippen molar-refractivity contribution in [2.75, 3.05) is 11.9 Å². The zero-order valence-electron chi connectivity index (χ0n) is 32.0. The van der Waals surface area contributed by atoms with Gasteiger partial charge < -0.3 is 4.90 Å². The van der Waals surface area contributed by atoms with Crippen molar-refractivity contribution in [3.05, 3.63) is 211 Å². The first-order chi connectivity index (χ1) is 28.6. The Kier molecular flexibility index (Phi) is 8.88. The van der Waals surface area contributed by atoms with Gasteiger partial charge in [-0.2, -0.15) is 0 Å². The zero-order chi connectivity index (χ0) is 39.0. The highest BCUT2D eigenvalue weighted by Gasteiger charge is 2.20. The summed E-state index contributed by atoms with van der Waals surface area (Å²) in [6.45, 7) is 0. The van der Waals surface area contributed by atoms with E-state index in [9.17, 15) is 4.79 Å². The van der Waals surface area contributed by atoms with E-state index in [0.717, 1.165) is 83.2 Å². The van der Waals surface area contributed by atoms with Crippen LogP contribution in [0.15, 0.2) is 200 Å². The van der Waals surface area contributed by atoms with Crippen molar-refractivity contribution in [2.24, 2.45) is 0 Å². The maximum absolute atomic E-state index is 13.6. The molecule has 58 heavy (non-hydrogen) atoms. The second-order valence-electron chi connectivity index (χ2n) is 14.6. The molecule has 2 heterocycles. The van der Waals surface area contributed by atoms with Gasteiger partial charge in [0, 0.05) is 57.7 Å². The standard InChI is InChI=1S/C53H38N4O/c1-56(41-22-9-4-10-23-41)48-31-29-38(33-45(48)42-24-12-11-21-40(42)35-51(58)36-17-5-2-6-18-36)39-30-32-50-46(34-39)43-25-14-16-28-49(43)57(50)53-54-47-27-15-13-26-44(47)52(55-53)37-19-7-3-8-20-37/h2-34H,35H2,1H3. The van der Waals surface area contributed by atoms with Crippen LogP contribution in [0.2, 0.25) is 0 Å². The Morgan fingerprint density at radius 2 is 1.14 bits per heavy atom. The van der Waals surface area contributed by atoms with E-state index in [0.29, 0.717) is 17.9 Å². The van der Waals surface area contributed by atoms with Crippen molar-refractivity contribution in [2.45, 2.75) is 6.42 Å². The summed E-state index contributed by atoms with van der Waals surface area (Å²) in [4.78, 5) is 26.2. The van der Waals surface area contributed by atoms with Crippen LogP contribution in [-0.2, 0) is 6.42 Å². The molecule has 0 unspecified atom stereocenters. The van der Waals surface area contributed by atoms with Gasteiger partial charge in [0.05, 0.1) is 22.2 Å². The Morgan fingerprint density at radius 3 is 1.95 bits per heavy atom.